The first-order valence-electron chi connectivity index (χ1n) is 8.64. The van der Waals surface area contributed by atoms with Crippen LogP contribution in [-0.2, 0) is 4.74 Å². The number of ether oxygens (including phenoxy) is 3. The minimum Gasteiger partial charge on any atom is -0.497 e. The number of unbranched alkanes of at least 4 members (excludes halogenated alkanes) is 1. The second kappa shape index (κ2) is 10.4. The second-order valence-electron chi connectivity index (χ2n) is 5.71. The maximum absolute atomic E-state index is 11.9. The van der Waals surface area contributed by atoms with Gasteiger partial charge in [-0.05, 0) is 55.0 Å². The molecule has 0 saturated heterocycles. The molecule has 2 aromatic rings. The van der Waals surface area contributed by atoms with Crippen LogP contribution in [0.25, 0.3) is 0 Å². The third-order valence-corrected chi connectivity index (χ3v) is 3.97. The first-order valence-corrected chi connectivity index (χ1v) is 9.05. The van der Waals surface area contributed by atoms with Crippen LogP contribution >= 0.6 is 12.2 Å². The highest BCUT2D eigenvalue weighted by Crippen LogP contribution is 2.29. The molecule has 2 rings (SSSR count). The van der Waals surface area contributed by atoms with Crippen molar-refractivity contribution < 1.29 is 19.0 Å². The van der Waals surface area contributed by atoms with E-state index in [2.05, 4.69) is 10.6 Å². The molecule has 27 heavy (non-hydrogen) atoms. The van der Waals surface area contributed by atoms with E-state index in [1.165, 1.54) is 0 Å². The number of hydrogen-bond acceptors (Lipinski definition) is 5. The number of nitrogens with one attached hydrogen (secondary N) is 2. The van der Waals surface area contributed by atoms with Gasteiger partial charge in [-0.1, -0.05) is 13.3 Å². The van der Waals surface area contributed by atoms with E-state index in [0.29, 0.717) is 34.5 Å². The molecule has 0 heterocycles. The summed E-state index contributed by atoms with van der Waals surface area (Å²) in [6.07, 6.45) is 1.85. The number of benzene rings is 2. The Labute approximate surface area is 164 Å². The van der Waals surface area contributed by atoms with Gasteiger partial charge in [-0.25, -0.2) is 4.79 Å². The summed E-state index contributed by atoms with van der Waals surface area (Å²) >= 11 is 5.34. The predicted molar refractivity (Wildman–Crippen MR) is 111 cm³/mol. The van der Waals surface area contributed by atoms with Crippen molar-refractivity contribution in [2.24, 2.45) is 0 Å². The molecule has 0 unspecified atom stereocenters. The van der Waals surface area contributed by atoms with Gasteiger partial charge in [-0.2, -0.15) is 0 Å². The highest BCUT2D eigenvalue weighted by Gasteiger charge is 2.09. The summed E-state index contributed by atoms with van der Waals surface area (Å²) in [4.78, 5) is 11.9. The van der Waals surface area contributed by atoms with Crippen LogP contribution in [0.3, 0.4) is 0 Å². The first-order chi connectivity index (χ1) is 13.1. The van der Waals surface area contributed by atoms with Crippen molar-refractivity contribution in [2.75, 3.05) is 31.5 Å². The topological polar surface area (TPSA) is 68.8 Å². The molecule has 0 saturated carbocycles. The van der Waals surface area contributed by atoms with Crippen LogP contribution in [-0.4, -0.2) is 31.9 Å². The van der Waals surface area contributed by atoms with Gasteiger partial charge in [-0.15, -0.1) is 0 Å². The molecule has 2 N–H and O–H groups in total. The number of rotatable bonds is 8. The van der Waals surface area contributed by atoms with Gasteiger partial charge in [0.25, 0.3) is 0 Å². The summed E-state index contributed by atoms with van der Waals surface area (Å²) < 4.78 is 15.7. The van der Waals surface area contributed by atoms with E-state index in [9.17, 15) is 4.79 Å². The SMILES string of the molecule is CCCCOC(=O)c1ccc(NC(=S)Nc2ccc(OC)cc2OC)cc1. The van der Waals surface area contributed by atoms with Gasteiger partial charge >= 0.3 is 5.97 Å². The first kappa shape index (κ1) is 20.5. The van der Waals surface area contributed by atoms with Crippen molar-refractivity contribution in [3.05, 3.63) is 48.0 Å². The summed E-state index contributed by atoms with van der Waals surface area (Å²) in [5, 5.41) is 6.55. The molecule has 0 spiro atoms. The number of hydrogen-bond donors (Lipinski definition) is 2. The second-order valence-corrected chi connectivity index (χ2v) is 6.12. The zero-order valence-electron chi connectivity index (χ0n) is 15.7. The van der Waals surface area contributed by atoms with E-state index in [0.717, 1.165) is 18.5 Å². The Bertz CT molecular complexity index is 778. The predicted octanol–water partition coefficient (Wildman–Crippen LogP) is 4.47. The normalized spacial score (nSPS) is 10.0. The fourth-order valence-electron chi connectivity index (χ4n) is 2.27. The van der Waals surface area contributed by atoms with Gasteiger partial charge in [-0.3, -0.25) is 0 Å². The largest absolute Gasteiger partial charge is 0.497 e. The fourth-order valence-corrected chi connectivity index (χ4v) is 2.50. The van der Waals surface area contributed by atoms with Crippen molar-refractivity contribution in [3.63, 3.8) is 0 Å². The van der Waals surface area contributed by atoms with Gasteiger partial charge < -0.3 is 24.8 Å². The van der Waals surface area contributed by atoms with Crippen LogP contribution in [0.1, 0.15) is 30.1 Å². The van der Waals surface area contributed by atoms with Crippen LogP contribution < -0.4 is 20.1 Å². The number of esters is 1. The zero-order valence-corrected chi connectivity index (χ0v) is 16.5. The molecule has 2 aromatic carbocycles. The summed E-state index contributed by atoms with van der Waals surface area (Å²) in [5.41, 5.74) is 1.98. The molecule has 6 nitrogen and oxygen atoms in total. The Morgan fingerprint density at radius 3 is 2.41 bits per heavy atom. The van der Waals surface area contributed by atoms with E-state index >= 15 is 0 Å². The van der Waals surface area contributed by atoms with Crippen LogP contribution in [0.4, 0.5) is 11.4 Å². The van der Waals surface area contributed by atoms with Gasteiger partial charge in [0.2, 0.25) is 0 Å². The average Bonchev–Trinajstić information content (AvgIpc) is 2.68. The van der Waals surface area contributed by atoms with E-state index in [4.69, 9.17) is 26.4 Å². The number of anilines is 2. The Hall–Kier alpha value is -2.80. The molecule has 0 fully saturated rings. The Balaban J connectivity index is 1.95. The van der Waals surface area contributed by atoms with Gasteiger partial charge in [0.05, 0.1) is 32.1 Å². The lowest BCUT2D eigenvalue weighted by Crippen LogP contribution is -2.19. The quantitative estimate of drug-likeness (QED) is 0.393. The monoisotopic (exact) mass is 388 g/mol. The summed E-state index contributed by atoms with van der Waals surface area (Å²) in [6.45, 7) is 2.49. The molecule has 144 valence electrons. The lowest BCUT2D eigenvalue weighted by molar-refractivity contribution is 0.0500. The summed E-state index contributed by atoms with van der Waals surface area (Å²) in [5.74, 6) is 0.986. The minimum atomic E-state index is -0.321. The van der Waals surface area contributed by atoms with Gasteiger partial charge in [0, 0.05) is 11.8 Å². The van der Waals surface area contributed by atoms with Crippen LogP contribution in [0, 0.1) is 0 Å². The van der Waals surface area contributed by atoms with E-state index in [1.54, 1.807) is 44.6 Å². The van der Waals surface area contributed by atoms with Gasteiger partial charge in [0.15, 0.2) is 5.11 Å². The fraction of sp³-hybridized carbons (Fsp3) is 0.300. The molecule has 0 radical (unpaired) electrons. The Kier molecular flexibility index (Phi) is 7.88. The molecular formula is C20H24N2O4S. The molecule has 0 aliphatic heterocycles. The standard InChI is InChI=1S/C20H24N2O4S/c1-4-5-12-26-19(23)14-6-8-15(9-7-14)21-20(27)22-17-11-10-16(24-2)13-18(17)25-3/h6-11,13H,4-5,12H2,1-3H3,(H2,21,22,27). The van der Waals surface area contributed by atoms with E-state index in [1.807, 2.05) is 19.1 Å². The molecule has 0 bridgehead atoms. The molecule has 0 aliphatic rings. The third-order valence-electron chi connectivity index (χ3n) is 3.77. The maximum atomic E-state index is 11.9. The maximum Gasteiger partial charge on any atom is 0.338 e. The third kappa shape index (κ3) is 6.14. The van der Waals surface area contributed by atoms with Crippen molar-refractivity contribution in [2.45, 2.75) is 19.8 Å². The molecular weight excluding hydrogens is 364 g/mol. The summed E-state index contributed by atoms with van der Waals surface area (Å²) in [6, 6.07) is 12.4. The van der Waals surface area contributed by atoms with E-state index in [-0.39, 0.29) is 5.97 Å². The molecule has 0 atom stereocenters. The smallest absolute Gasteiger partial charge is 0.338 e. The molecule has 0 amide bonds. The number of thiocarbonyl (C=S) groups is 1. The molecule has 7 heteroatoms. The van der Waals surface area contributed by atoms with Crippen molar-refractivity contribution in [1.29, 1.82) is 0 Å². The van der Waals surface area contributed by atoms with Gasteiger partial charge in [0.1, 0.15) is 11.5 Å². The van der Waals surface area contributed by atoms with Crippen molar-refractivity contribution >= 4 is 34.7 Å². The lowest BCUT2D eigenvalue weighted by Gasteiger charge is -2.14. The minimum absolute atomic E-state index is 0.321. The summed E-state index contributed by atoms with van der Waals surface area (Å²) in [7, 11) is 3.17. The van der Waals surface area contributed by atoms with Crippen molar-refractivity contribution in [3.8, 4) is 11.5 Å². The highest BCUT2D eigenvalue weighted by atomic mass is 32.1. The number of carbonyl (C=O) groups is 1. The average molecular weight is 388 g/mol. The Morgan fingerprint density at radius 2 is 1.78 bits per heavy atom. The van der Waals surface area contributed by atoms with Crippen LogP contribution in [0.5, 0.6) is 11.5 Å². The van der Waals surface area contributed by atoms with Crippen molar-refractivity contribution in [1.82, 2.24) is 0 Å². The molecule has 0 aromatic heterocycles. The highest BCUT2D eigenvalue weighted by molar-refractivity contribution is 7.80. The van der Waals surface area contributed by atoms with Crippen LogP contribution in [0.15, 0.2) is 42.5 Å². The van der Waals surface area contributed by atoms with E-state index < -0.39 is 0 Å². The Morgan fingerprint density at radius 1 is 1.04 bits per heavy atom. The van der Waals surface area contributed by atoms with Crippen LogP contribution in [0.2, 0.25) is 0 Å². The lowest BCUT2D eigenvalue weighted by atomic mass is 10.2. The zero-order chi connectivity index (χ0) is 19.6. The number of carbonyl (C=O) groups excluding carboxylic acids is 1. The molecule has 0 aliphatic carbocycles. The number of methoxy groups -OCH3 is 2.